The summed E-state index contributed by atoms with van der Waals surface area (Å²) in [5.74, 6) is -0.594. The Morgan fingerprint density at radius 2 is 2.05 bits per heavy atom. The number of aromatic nitrogens is 1. The molecule has 1 aromatic heterocycles. The average Bonchev–Trinajstić information content (AvgIpc) is 2.46. The third-order valence-electron chi connectivity index (χ3n) is 3.69. The van der Waals surface area contributed by atoms with Gasteiger partial charge in [-0.1, -0.05) is 0 Å². The average molecular weight is 288 g/mol. The molecule has 0 amide bonds. The van der Waals surface area contributed by atoms with E-state index >= 15 is 0 Å². The molecular formula is C13H15F3N2O2. The Labute approximate surface area is 114 Å². The molecule has 0 unspecified atom stereocenters. The van der Waals surface area contributed by atoms with Crippen LogP contribution in [0, 0.1) is 5.41 Å². The van der Waals surface area contributed by atoms with E-state index in [0.717, 1.165) is 18.5 Å². The smallest absolute Gasteiger partial charge is 0.381 e. The van der Waals surface area contributed by atoms with Crippen LogP contribution in [-0.2, 0) is 10.9 Å². The van der Waals surface area contributed by atoms with Crippen LogP contribution in [0.3, 0.4) is 0 Å². The number of ketones is 1. The summed E-state index contributed by atoms with van der Waals surface area (Å²) in [5.41, 5.74) is 3.30. The van der Waals surface area contributed by atoms with Gasteiger partial charge in [-0.25, -0.2) is 0 Å². The second-order valence-corrected chi connectivity index (χ2v) is 4.84. The second kappa shape index (κ2) is 5.49. The Hall–Kier alpha value is -1.47. The van der Waals surface area contributed by atoms with Crippen LogP contribution in [0.25, 0.3) is 0 Å². The molecule has 0 bridgehead atoms. The minimum Gasteiger partial charge on any atom is -0.381 e. The number of halogens is 3. The van der Waals surface area contributed by atoms with Crippen LogP contribution in [0.15, 0.2) is 18.5 Å². The topological polar surface area (TPSA) is 65.2 Å². The summed E-state index contributed by atoms with van der Waals surface area (Å²) in [6, 6.07) is 0.816. The zero-order valence-corrected chi connectivity index (χ0v) is 10.7. The van der Waals surface area contributed by atoms with Gasteiger partial charge >= 0.3 is 6.18 Å². The zero-order valence-electron chi connectivity index (χ0n) is 10.7. The van der Waals surface area contributed by atoms with E-state index < -0.39 is 28.5 Å². The van der Waals surface area contributed by atoms with Gasteiger partial charge in [0, 0.05) is 37.7 Å². The third kappa shape index (κ3) is 2.69. The number of carbonyl (C=O) groups is 1. The number of nitrogens with zero attached hydrogens (tertiary/aromatic N) is 1. The van der Waals surface area contributed by atoms with Crippen molar-refractivity contribution in [3.8, 4) is 0 Å². The van der Waals surface area contributed by atoms with Gasteiger partial charge in [-0.15, -0.1) is 0 Å². The van der Waals surface area contributed by atoms with Gasteiger partial charge < -0.3 is 10.5 Å². The lowest BCUT2D eigenvalue weighted by Crippen LogP contribution is -2.44. The maximum atomic E-state index is 13.0. The first-order valence-electron chi connectivity index (χ1n) is 6.24. The molecule has 0 spiro atoms. The van der Waals surface area contributed by atoms with Crippen molar-refractivity contribution in [2.45, 2.75) is 19.0 Å². The molecule has 20 heavy (non-hydrogen) atoms. The molecule has 1 aliphatic rings. The van der Waals surface area contributed by atoms with E-state index in [1.165, 1.54) is 0 Å². The number of hydrogen-bond acceptors (Lipinski definition) is 4. The number of alkyl halides is 3. The van der Waals surface area contributed by atoms with Gasteiger partial charge in [0.1, 0.15) is 0 Å². The van der Waals surface area contributed by atoms with Crippen LogP contribution >= 0.6 is 0 Å². The number of pyridine rings is 1. The molecule has 2 N–H and O–H groups in total. The largest absolute Gasteiger partial charge is 0.417 e. The fourth-order valence-electron chi connectivity index (χ4n) is 2.39. The summed E-state index contributed by atoms with van der Waals surface area (Å²) in [6.07, 6.45) is -1.94. The summed E-state index contributed by atoms with van der Waals surface area (Å²) >= 11 is 0. The van der Waals surface area contributed by atoms with Crippen molar-refractivity contribution in [2.24, 2.45) is 11.1 Å². The number of carbonyl (C=O) groups excluding carboxylic acids is 1. The Morgan fingerprint density at radius 1 is 1.40 bits per heavy atom. The molecule has 1 fully saturated rings. The van der Waals surface area contributed by atoms with Gasteiger partial charge in [0.15, 0.2) is 5.78 Å². The number of rotatable bonds is 3. The molecule has 0 aliphatic carbocycles. The first-order valence-corrected chi connectivity index (χ1v) is 6.24. The van der Waals surface area contributed by atoms with E-state index in [9.17, 15) is 18.0 Å². The summed E-state index contributed by atoms with van der Waals surface area (Å²) in [5, 5.41) is 0. The van der Waals surface area contributed by atoms with Crippen molar-refractivity contribution in [2.75, 3.05) is 19.8 Å². The molecule has 110 valence electrons. The normalized spacial score (nSPS) is 18.8. The molecule has 0 radical (unpaired) electrons. The maximum absolute atomic E-state index is 13.0. The quantitative estimate of drug-likeness (QED) is 0.864. The van der Waals surface area contributed by atoms with Crippen LogP contribution < -0.4 is 5.73 Å². The molecule has 7 heteroatoms. The molecule has 2 heterocycles. The highest BCUT2D eigenvalue weighted by atomic mass is 19.4. The van der Waals surface area contributed by atoms with E-state index in [0.29, 0.717) is 26.1 Å². The van der Waals surface area contributed by atoms with Gasteiger partial charge in [0.2, 0.25) is 0 Å². The number of Topliss-reactive ketones (excluding diaryl/α,β-unsaturated/α-hetero) is 1. The second-order valence-electron chi connectivity index (χ2n) is 4.84. The molecule has 4 nitrogen and oxygen atoms in total. The molecule has 2 rings (SSSR count). The van der Waals surface area contributed by atoms with Crippen LogP contribution in [0.4, 0.5) is 13.2 Å². The number of hydrogen-bond donors (Lipinski definition) is 1. The predicted octanol–water partition coefficient (Wildman–Crippen LogP) is 2.04. The third-order valence-corrected chi connectivity index (χ3v) is 3.69. The van der Waals surface area contributed by atoms with Crippen molar-refractivity contribution in [1.29, 1.82) is 0 Å². The Bertz CT molecular complexity index is 497. The van der Waals surface area contributed by atoms with E-state index in [1.807, 2.05) is 0 Å². The monoisotopic (exact) mass is 288 g/mol. The fraction of sp³-hybridized carbons (Fsp3) is 0.538. The maximum Gasteiger partial charge on any atom is 0.417 e. The van der Waals surface area contributed by atoms with Crippen molar-refractivity contribution < 1.29 is 22.7 Å². The predicted molar refractivity (Wildman–Crippen MR) is 65.1 cm³/mol. The van der Waals surface area contributed by atoms with Crippen molar-refractivity contribution in [3.63, 3.8) is 0 Å². The van der Waals surface area contributed by atoms with E-state index in [-0.39, 0.29) is 6.54 Å². The van der Waals surface area contributed by atoms with Crippen molar-refractivity contribution >= 4 is 5.78 Å². The van der Waals surface area contributed by atoms with E-state index in [4.69, 9.17) is 10.5 Å². The Morgan fingerprint density at radius 3 is 2.60 bits per heavy atom. The highest BCUT2D eigenvalue weighted by molar-refractivity contribution is 6.02. The van der Waals surface area contributed by atoms with Crippen LogP contribution in [0.5, 0.6) is 0 Å². The summed E-state index contributed by atoms with van der Waals surface area (Å²) in [4.78, 5) is 16.2. The van der Waals surface area contributed by atoms with Crippen LogP contribution in [-0.4, -0.2) is 30.5 Å². The van der Waals surface area contributed by atoms with Gasteiger partial charge in [-0.2, -0.15) is 13.2 Å². The van der Waals surface area contributed by atoms with Crippen molar-refractivity contribution in [3.05, 3.63) is 29.6 Å². The molecule has 1 aromatic rings. The standard InChI is InChI=1S/C13H15F3N2O2/c14-13(15,16)10-1-4-18-7-9(10)11(19)12(8-17)2-5-20-6-3-12/h1,4,7H,2-3,5-6,8,17H2. The van der Waals surface area contributed by atoms with Crippen molar-refractivity contribution in [1.82, 2.24) is 4.98 Å². The lowest BCUT2D eigenvalue weighted by Gasteiger charge is -2.35. The molecule has 0 atom stereocenters. The molecule has 1 saturated heterocycles. The Balaban J connectivity index is 2.43. The minimum atomic E-state index is -4.59. The zero-order chi connectivity index (χ0) is 14.8. The highest BCUT2D eigenvalue weighted by Crippen LogP contribution is 2.38. The number of nitrogens with two attached hydrogens (primary N) is 1. The van der Waals surface area contributed by atoms with Crippen LogP contribution in [0.2, 0.25) is 0 Å². The fourth-order valence-corrected chi connectivity index (χ4v) is 2.39. The van der Waals surface area contributed by atoms with Crippen LogP contribution in [0.1, 0.15) is 28.8 Å². The highest BCUT2D eigenvalue weighted by Gasteiger charge is 2.43. The Kier molecular flexibility index (Phi) is 4.10. The lowest BCUT2D eigenvalue weighted by molar-refractivity contribution is -0.138. The summed E-state index contributed by atoms with van der Waals surface area (Å²) in [7, 11) is 0. The molecule has 1 aliphatic heterocycles. The van der Waals surface area contributed by atoms with E-state index in [2.05, 4.69) is 4.98 Å². The molecular weight excluding hydrogens is 273 g/mol. The molecule has 0 aromatic carbocycles. The molecule has 0 saturated carbocycles. The number of ether oxygens (including phenoxy) is 1. The van der Waals surface area contributed by atoms with E-state index in [1.54, 1.807) is 0 Å². The van der Waals surface area contributed by atoms with Gasteiger partial charge in [0.25, 0.3) is 0 Å². The van der Waals surface area contributed by atoms with Gasteiger partial charge in [-0.3, -0.25) is 9.78 Å². The first-order chi connectivity index (χ1) is 9.41. The minimum absolute atomic E-state index is 0.00137. The summed E-state index contributed by atoms with van der Waals surface area (Å²) in [6.45, 7) is 0.649. The first kappa shape index (κ1) is 14.9. The SMILES string of the molecule is NCC1(C(=O)c2cnccc2C(F)(F)F)CCOCC1. The van der Waals surface area contributed by atoms with Gasteiger partial charge in [0.05, 0.1) is 11.0 Å². The van der Waals surface area contributed by atoms with Gasteiger partial charge in [-0.05, 0) is 18.9 Å². The lowest BCUT2D eigenvalue weighted by atomic mass is 9.73. The summed E-state index contributed by atoms with van der Waals surface area (Å²) < 4.78 is 44.1.